The van der Waals surface area contributed by atoms with Crippen LogP contribution < -0.4 is 31.9 Å². The summed E-state index contributed by atoms with van der Waals surface area (Å²) < 4.78 is 0. The van der Waals surface area contributed by atoms with E-state index in [9.17, 15) is 38.7 Å². The van der Waals surface area contributed by atoms with E-state index < -0.39 is 89.6 Å². The number of amides is 7. The first-order valence-electron chi connectivity index (χ1n) is 20.0. The maximum atomic E-state index is 14.2. The lowest BCUT2D eigenvalue weighted by atomic mass is 9.96. The predicted octanol–water partition coefficient (Wildman–Crippen LogP) is 2.68. The summed E-state index contributed by atoms with van der Waals surface area (Å²) in [5.74, 6) is -4.82. The van der Waals surface area contributed by atoms with E-state index in [0.29, 0.717) is 32.1 Å². The van der Waals surface area contributed by atoms with Crippen molar-refractivity contribution >= 4 is 41.5 Å². The van der Waals surface area contributed by atoms with E-state index in [-0.39, 0.29) is 25.8 Å². The van der Waals surface area contributed by atoms with Crippen molar-refractivity contribution in [3.05, 3.63) is 71.8 Å². The van der Waals surface area contributed by atoms with E-state index in [1.807, 2.05) is 67.6 Å². The normalized spacial score (nSPS) is 23.5. The Hall–Kier alpha value is -5.47. The molecule has 0 unspecified atom stereocenters. The molecule has 0 aliphatic carbocycles. The predicted molar refractivity (Wildman–Crippen MR) is 216 cm³/mol. The monoisotopic (exact) mass is 791 g/mol. The molecule has 1 aliphatic heterocycles. The lowest BCUT2D eigenvalue weighted by molar-refractivity contribution is -0.142. The largest absolute Gasteiger partial charge is 0.480 e. The number of carbonyl (C=O) groups excluding carboxylic acids is 6. The van der Waals surface area contributed by atoms with Gasteiger partial charge in [0.1, 0.15) is 36.3 Å². The van der Waals surface area contributed by atoms with Crippen LogP contribution in [-0.2, 0) is 41.6 Å². The number of nitrogens with zero attached hydrogens (tertiary/aromatic N) is 1. The molecule has 1 aliphatic rings. The maximum Gasteiger partial charge on any atom is 0.326 e. The number of urea groups is 1. The SMILES string of the molecule is CC[C@H](C)[C@@H]1NC(=O)[C@H](NC(=O)N[C@@H](C(=O)O)[C@@H](C)CC)CCCCNC(=O)[C@H](Cc2ccccc2)NC(=O)[C@H](C)N(C)C(=O)[C@@H](CCc2ccccc2)NC1=O. The molecule has 0 bridgehead atoms. The topological polar surface area (TPSA) is 215 Å². The molecule has 7 amide bonds. The van der Waals surface area contributed by atoms with E-state index in [1.165, 1.54) is 11.9 Å². The maximum absolute atomic E-state index is 14.2. The van der Waals surface area contributed by atoms with Crippen molar-refractivity contribution < 1.29 is 38.7 Å². The summed E-state index contributed by atoms with van der Waals surface area (Å²) in [6.07, 6.45) is 2.58. The molecule has 0 saturated carbocycles. The fraction of sp³-hybridized carbons (Fsp3) is 0.548. The van der Waals surface area contributed by atoms with Gasteiger partial charge in [-0.25, -0.2) is 9.59 Å². The third-order valence-electron chi connectivity index (χ3n) is 10.8. The molecule has 15 heteroatoms. The Labute approximate surface area is 335 Å². The van der Waals surface area contributed by atoms with Crippen molar-refractivity contribution in [1.82, 2.24) is 36.8 Å². The van der Waals surface area contributed by atoms with Gasteiger partial charge in [0.05, 0.1) is 0 Å². The Morgan fingerprint density at radius 3 is 2.02 bits per heavy atom. The molecule has 3 rings (SSSR count). The number of carboxylic acids is 1. The quantitative estimate of drug-likeness (QED) is 0.169. The van der Waals surface area contributed by atoms with Crippen molar-refractivity contribution in [1.29, 1.82) is 0 Å². The molecule has 312 valence electrons. The van der Waals surface area contributed by atoms with Crippen LogP contribution in [0.5, 0.6) is 0 Å². The fourth-order valence-corrected chi connectivity index (χ4v) is 6.50. The molecular formula is C42H61N7O8. The molecule has 0 spiro atoms. The Morgan fingerprint density at radius 1 is 0.807 bits per heavy atom. The minimum Gasteiger partial charge on any atom is -0.480 e. The third kappa shape index (κ3) is 14.2. The first kappa shape index (κ1) is 45.9. The molecule has 7 N–H and O–H groups in total. The van der Waals surface area contributed by atoms with Crippen LogP contribution in [0, 0.1) is 11.8 Å². The van der Waals surface area contributed by atoms with Crippen molar-refractivity contribution in [3.63, 3.8) is 0 Å². The average Bonchev–Trinajstić information content (AvgIpc) is 3.21. The lowest BCUT2D eigenvalue weighted by Crippen LogP contribution is -2.60. The summed E-state index contributed by atoms with van der Waals surface area (Å²) in [5, 5.41) is 26.2. The highest BCUT2D eigenvalue weighted by atomic mass is 16.4. The molecule has 2 aromatic rings. The smallest absolute Gasteiger partial charge is 0.326 e. The van der Waals surface area contributed by atoms with Gasteiger partial charge >= 0.3 is 12.0 Å². The van der Waals surface area contributed by atoms with Crippen molar-refractivity contribution in [2.45, 2.75) is 122 Å². The Balaban J connectivity index is 2.00. The van der Waals surface area contributed by atoms with Gasteiger partial charge in [0.15, 0.2) is 0 Å². The third-order valence-corrected chi connectivity index (χ3v) is 10.8. The number of aliphatic carboxylic acids is 1. The number of likely N-dealkylation sites (N-methyl/N-ethyl adjacent to an activating group) is 1. The van der Waals surface area contributed by atoms with Crippen LogP contribution in [-0.4, -0.2) is 101 Å². The zero-order valence-corrected chi connectivity index (χ0v) is 34.0. The lowest BCUT2D eigenvalue weighted by Gasteiger charge is -2.32. The van der Waals surface area contributed by atoms with Gasteiger partial charge in [0.2, 0.25) is 29.5 Å². The minimum absolute atomic E-state index is 0.0930. The van der Waals surface area contributed by atoms with E-state index in [2.05, 4.69) is 31.9 Å². The molecule has 1 heterocycles. The molecule has 8 atom stereocenters. The first-order valence-corrected chi connectivity index (χ1v) is 20.0. The van der Waals surface area contributed by atoms with Crippen LogP contribution in [0.15, 0.2) is 60.7 Å². The van der Waals surface area contributed by atoms with Gasteiger partial charge in [0.25, 0.3) is 0 Å². The number of rotatable bonds is 12. The van der Waals surface area contributed by atoms with Crippen LogP contribution in [0.4, 0.5) is 4.79 Å². The van der Waals surface area contributed by atoms with Gasteiger partial charge in [-0.05, 0) is 62.0 Å². The molecule has 2 aromatic carbocycles. The summed E-state index contributed by atoms with van der Waals surface area (Å²) in [7, 11) is 1.47. The molecule has 15 nitrogen and oxygen atoms in total. The van der Waals surface area contributed by atoms with Gasteiger partial charge in [0, 0.05) is 20.0 Å². The summed E-state index contributed by atoms with van der Waals surface area (Å²) in [6, 6.07) is 11.2. The van der Waals surface area contributed by atoms with Crippen molar-refractivity contribution in [2.24, 2.45) is 11.8 Å². The van der Waals surface area contributed by atoms with E-state index >= 15 is 0 Å². The molecule has 1 fully saturated rings. The summed E-state index contributed by atoms with van der Waals surface area (Å²) in [5.41, 5.74) is 1.74. The highest BCUT2D eigenvalue weighted by Gasteiger charge is 2.36. The second-order valence-corrected chi connectivity index (χ2v) is 15.0. The van der Waals surface area contributed by atoms with Gasteiger partial charge in [-0.3, -0.25) is 24.0 Å². The highest BCUT2D eigenvalue weighted by molar-refractivity contribution is 5.96. The summed E-state index contributed by atoms with van der Waals surface area (Å²) in [4.78, 5) is 96.0. The first-order chi connectivity index (χ1) is 27.2. The fourth-order valence-electron chi connectivity index (χ4n) is 6.50. The number of hydrogen-bond donors (Lipinski definition) is 7. The van der Waals surface area contributed by atoms with Gasteiger partial charge in [-0.1, -0.05) is 101 Å². The second-order valence-electron chi connectivity index (χ2n) is 15.0. The number of nitrogens with one attached hydrogen (secondary N) is 6. The second kappa shape index (κ2) is 22.9. The van der Waals surface area contributed by atoms with Gasteiger partial charge in [-0.15, -0.1) is 0 Å². The molecule has 0 radical (unpaired) electrons. The molecule has 0 aromatic heterocycles. The van der Waals surface area contributed by atoms with Crippen LogP contribution in [0.25, 0.3) is 0 Å². The number of aryl methyl sites for hydroxylation is 1. The van der Waals surface area contributed by atoms with Gasteiger partial charge in [-0.2, -0.15) is 0 Å². The number of carbonyl (C=O) groups is 7. The van der Waals surface area contributed by atoms with Crippen LogP contribution in [0.2, 0.25) is 0 Å². The summed E-state index contributed by atoms with van der Waals surface area (Å²) >= 11 is 0. The number of hydrogen-bond acceptors (Lipinski definition) is 7. The Bertz CT molecular complexity index is 1660. The van der Waals surface area contributed by atoms with Crippen LogP contribution in [0.1, 0.15) is 84.3 Å². The summed E-state index contributed by atoms with van der Waals surface area (Å²) in [6.45, 7) is 8.87. The van der Waals surface area contributed by atoms with E-state index in [1.54, 1.807) is 27.7 Å². The van der Waals surface area contributed by atoms with E-state index in [4.69, 9.17) is 0 Å². The Kier molecular flexibility index (Phi) is 18.5. The van der Waals surface area contributed by atoms with Crippen molar-refractivity contribution in [3.8, 4) is 0 Å². The zero-order valence-electron chi connectivity index (χ0n) is 34.0. The molecular weight excluding hydrogens is 731 g/mol. The van der Waals surface area contributed by atoms with Crippen LogP contribution in [0.3, 0.4) is 0 Å². The number of benzene rings is 2. The highest BCUT2D eigenvalue weighted by Crippen LogP contribution is 2.15. The van der Waals surface area contributed by atoms with Crippen LogP contribution >= 0.6 is 0 Å². The Morgan fingerprint density at radius 2 is 1.42 bits per heavy atom. The average molecular weight is 792 g/mol. The standard InChI is InChI=1S/C42H61N7O8/c1-7-26(3)34-39(53)44-32(23-22-29-17-11-9-12-18-29)40(54)49(6)28(5)36(50)45-33(25-30-19-13-10-14-20-30)37(51)43-24-16-15-21-31(38(52)47-34)46-42(57)48-35(41(55)56)27(4)8-2/h9-14,17-20,26-28,31-35H,7-8,15-16,21-25H2,1-6H3,(H,43,51)(H,44,53)(H,45,50)(H,47,52)(H,55,56)(H2,46,48,57)/t26-,27-,28-,31+,32+,33-,34-,35+/m0/s1. The zero-order chi connectivity index (χ0) is 42.1. The van der Waals surface area contributed by atoms with E-state index in [0.717, 1.165) is 11.1 Å². The minimum atomic E-state index is -1.22. The van der Waals surface area contributed by atoms with Gasteiger partial charge < -0.3 is 41.9 Å². The van der Waals surface area contributed by atoms with Crippen molar-refractivity contribution in [2.75, 3.05) is 13.6 Å². The number of carboxylic acid groups (broad SMARTS) is 1. The molecule has 57 heavy (non-hydrogen) atoms. The molecule has 1 saturated heterocycles.